The normalized spacial score (nSPS) is 11.2. The first-order valence-corrected chi connectivity index (χ1v) is 6.54. The molecule has 7 heteroatoms. The van der Waals surface area contributed by atoms with Gasteiger partial charge in [-0.15, -0.1) is 0 Å². The van der Waals surface area contributed by atoms with E-state index in [1.165, 1.54) is 0 Å². The standard InChI is InChI=1S/C11H9ClN4OS/c12-9-6(3-5-1-2-18-4-5)7-8(14-9)10(17)16-11(13)15-7/h1-2,4,14H,3H2,(H3,13,15,16,17). The van der Waals surface area contributed by atoms with Crippen LogP contribution in [0.25, 0.3) is 11.0 Å². The number of nitrogens with one attached hydrogen (secondary N) is 2. The number of fused-ring (bicyclic) bond motifs is 1. The Hall–Kier alpha value is -1.79. The average Bonchev–Trinajstić information content (AvgIpc) is 2.91. The Morgan fingerprint density at radius 2 is 2.28 bits per heavy atom. The lowest BCUT2D eigenvalue weighted by atomic mass is 10.1. The average molecular weight is 281 g/mol. The number of rotatable bonds is 2. The van der Waals surface area contributed by atoms with E-state index in [-0.39, 0.29) is 11.5 Å². The SMILES string of the molecule is Nc1nc2c(Cc3ccsc3)c(Cl)[nH]c2c(=O)[nH]1. The van der Waals surface area contributed by atoms with Crippen LogP contribution in [0.3, 0.4) is 0 Å². The van der Waals surface area contributed by atoms with E-state index in [2.05, 4.69) is 15.0 Å². The van der Waals surface area contributed by atoms with Gasteiger partial charge in [0.1, 0.15) is 16.2 Å². The Morgan fingerprint density at radius 1 is 1.44 bits per heavy atom. The second kappa shape index (κ2) is 4.15. The summed E-state index contributed by atoms with van der Waals surface area (Å²) in [5.41, 5.74) is 8.06. The largest absolute Gasteiger partial charge is 0.369 e. The molecule has 0 atom stereocenters. The van der Waals surface area contributed by atoms with Crippen LogP contribution in [0.15, 0.2) is 21.6 Å². The third-order valence-electron chi connectivity index (χ3n) is 2.68. The molecule has 3 rings (SSSR count). The monoisotopic (exact) mass is 280 g/mol. The van der Waals surface area contributed by atoms with E-state index in [1.807, 2.05) is 16.8 Å². The van der Waals surface area contributed by atoms with Crippen molar-refractivity contribution >= 4 is 39.9 Å². The van der Waals surface area contributed by atoms with Gasteiger partial charge in [-0.25, -0.2) is 4.98 Å². The molecule has 0 aliphatic carbocycles. The summed E-state index contributed by atoms with van der Waals surface area (Å²) >= 11 is 7.74. The molecule has 0 radical (unpaired) electrons. The van der Waals surface area contributed by atoms with Crippen molar-refractivity contribution in [2.75, 3.05) is 5.73 Å². The fraction of sp³-hybridized carbons (Fsp3) is 0.0909. The quantitative estimate of drug-likeness (QED) is 0.672. The van der Waals surface area contributed by atoms with Crippen molar-refractivity contribution in [3.63, 3.8) is 0 Å². The highest BCUT2D eigenvalue weighted by molar-refractivity contribution is 7.07. The van der Waals surface area contributed by atoms with Gasteiger partial charge in [-0.1, -0.05) is 11.6 Å². The molecule has 3 heterocycles. The molecule has 0 aliphatic rings. The molecule has 0 aromatic carbocycles. The van der Waals surface area contributed by atoms with Crippen molar-refractivity contribution in [3.05, 3.63) is 43.5 Å². The van der Waals surface area contributed by atoms with Gasteiger partial charge in [0.25, 0.3) is 5.56 Å². The Bertz CT molecular complexity index is 759. The summed E-state index contributed by atoms with van der Waals surface area (Å²) in [6, 6.07) is 2.01. The summed E-state index contributed by atoms with van der Waals surface area (Å²) in [5, 5.41) is 4.46. The molecule has 0 saturated heterocycles. The smallest absolute Gasteiger partial charge is 0.276 e. The molecule has 3 aromatic heterocycles. The third kappa shape index (κ3) is 1.79. The Kier molecular flexibility index (Phi) is 2.61. The second-order valence-corrected chi connectivity index (χ2v) is 5.06. The van der Waals surface area contributed by atoms with Gasteiger partial charge in [-0.2, -0.15) is 11.3 Å². The molecule has 0 aliphatic heterocycles. The summed E-state index contributed by atoms with van der Waals surface area (Å²) in [7, 11) is 0. The highest BCUT2D eigenvalue weighted by atomic mass is 35.5. The van der Waals surface area contributed by atoms with E-state index in [0.29, 0.717) is 22.6 Å². The first-order chi connectivity index (χ1) is 8.65. The van der Waals surface area contributed by atoms with Crippen LogP contribution in [-0.4, -0.2) is 15.0 Å². The zero-order chi connectivity index (χ0) is 12.7. The number of aromatic nitrogens is 3. The molecular weight excluding hydrogens is 272 g/mol. The number of nitrogen functional groups attached to an aromatic ring is 1. The summed E-state index contributed by atoms with van der Waals surface area (Å²) in [6.07, 6.45) is 0.623. The van der Waals surface area contributed by atoms with Gasteiger partial charge in [0.15, 0.2) is 0 Å². The van der Waals surface area contributed by atoms with Crippen LogP contribution in [-0.2, 0) is 6.42 Å². The zero-order valence-electron chi connectivity index (χ0n) is 9.16. The molecule has 0 saturated carbocycles. The van der Waals surface area contributed by atoms with Crippen molar-refractivity contribution in [1.29, 1.82) is 0 Å². The molecule has 92 valence electrons. The van der Waals surface area contributed by atoms with E-state index in [1.54, 1.807) is 11.3 Å². The number of hydrogen-bond donors (Lipinski definition) is 3. The number of anilines is 1. The highest BCUT2D eigenvalue weighted by Crippen LogP contribution is 2.26. The first-order valence-electron chi connectivity index (χ1n) is 5.22. The van der Waals surface area contributed by atoms with E-state index in [9.17, 15) is 4.79 Å². The minimum Gasteiger partial charge on any atom is -0.369 e. The van der Waals surface area contributed by atoms with Crippen molar-refractivity contribution in [1.82, 2.24) is 15.0 Å². The van der Waals surface area contributed by atoms with Crippen LogP contribution in [0.2, 0.25) is 5.15 Å². The first kappa shape index (κ1) is 11.3. The molecule has 3 aromatic rings. The van der Waals surface area contributed by atoms with Gasteiger partial charge in [0, 0.05) is 12.0 Å². The lowest BCUT2D eigenvalue weighted by molar-refractivity contribution is 1.17. The van der Waals surface area contributed by atoms with E-state index < -0.39 is 0 Å². The highest BCUT2D eigenvalue weighted by Gasteiger charge is 2.15. The van der Waals surface area contributed by atoms with Gasteiger partial charge in [-0.05, 0) is 22.4 Å². The zero-order valence-corrected chi connectivity index (χ0v) is 10.7. The summed E-state index contributed by atoms with van der Waals surface area (Å²) in [5.74, 6) is 0.0923. The predicted molar refractivity (Wildman–Crippen MR) is 73.3 cm³/mol. The van der Waals surface area contributed by atoms with Gasteiger partial charge in [0.05, 0.1) is 0 Å². The number of halogens is 1. The minimum absolute atomic E-state index is 0.0923. The summed E-state index contributed by atoms with van der Waals surface area (Å²) in [4.78, 5) is 21.1. The second-order valence-electron chi connectivity index (χ2n) is 3.90. The minimum atomic E-state index is -0.309. The maximum atomic E-state index is 11.7. The molecule has 18 heavy (non-hydrogen) atoms. The van der Waals surface area contributed by atoms with Crippen LogP contribution < -0.4 is 11.3 Å². The Labute approximate surface area is 111 Å². The molecule has 0 spiro atoms. The molecule has 0 unspecified atom stereocenters. The van der Waals surface area contributed by atoms with Crippen LogP contribution in [0.4, 0.5) is 5.95 Å². The van der Waals surface area contributed by atoms with Crippen molar-refractivity contribution in [2.45, 2.75) is 6.42 Å². The van der Waals surface area contributed by atoms with Gasteiger partial charge < -0.3 is 10.7 Å². The Balaban J connectivity index is 2.22. The van der Waals surface area contributed by atoms with Gasteiger partial charge in [-0.3, -0.25) is 9.78 Å². The number of aromatic amines is 2. The van der Waals surface area contributed by atoms with E-state index in [0.717, 1.165) is 11.1 Å². The number of nitrogens with zero attached hydrogens (tertiary/aromatic N) is 1. The lowest BCUT2D eigenvalue weighted by Gasteiger charge is -1.98. The number of H-pyrrole nitrogens is 2. The van der Waals surface area contributed by atoms with Crippen molar-refractivity contribution in [3.8, 4) is 0 Å². The molecule has 0 bridgehead atoms. The Morgan fingerprint density at radius 3 is 3.00 bits per heavy atom. The molecule has 4 N–H and O–H groups in total. The molecule has 0 amide bonds. The van der Waals surface area contributed by atoms with E-state index in [4.69, 9.17) is 17.3 Å². The lowest BCUT2D eigenvalue weighted by Crippen LogP contribution is -2.11. The number of thiophene rings is 1. The fourth-order valence-electron chi connectivity index (χ4n) is 1.87. The van der Waals surface area contributed by atoms with Crippen molar-refractivity contribution in [2.24, 2.45) is 0 Å². The van der Waals surface area contributed by atoms with Crippen molar-refractivity contribution < 1.29 is 0 Å². The van der Waals surface area contributed by atoms with Crippen LogP contribution in [0.1, 0.15) is 11.1 Å². The summed E-state index contributed by atoms with van der Waals surface area (Å²) < 4.78 is 0. The number of nitrogens with two attached hydrogens (primary N) is 1. The van der Waals surface area contributed by atoms with Crippen LogP contribution in [0.5, 0.6) is 0 Å². The number of hydrogen-bond acceptors (Lipinski definition) is 4. The van der Waals surface area contributed by atoms with Crippen LogP contribution in [0, 0.1) is 0 Å². The van der Waals surface area contributed by atoms with E-state index >= 15 is 0 Å². The molecular formula is C11H9ClN4OS. The topological polar surface area (TPSA) is 87.6 Å². The molecule has 0 fully saturated rings. The maximum absolute atomic E-state index is 11.7. The maximum Gasteiger partial charge on any atom is 0.276 e. The third-order valence-corrected chi connectivity index (χ3v) is 3.74. The fourth-order valence-corrected chi connectivity index (χ4v) is 2.79. The predicted octanol–water partition coefficient (Wildman–Crippen LogP) is 2.14. The van der Waals surface area contributed by atoms with Gasteiger partial charge in [0.2, 0.25) is 5.95 Å². The molecule has 5 nitrogen and oxygen atoms in total. The summed E-state index contributed by atoms with van der Waals surface area (Å²) in [6.45, 7) is 0. The van der Waals surface area contributed by atoms with Gasteiger partial charge >= 0.3 is 0 Å². The van der Waals surface area contributed by atoms with Crippen LogP contribution >= 0.6 is 22.9 Å².